The van der Waals surface area contributed by atoms with E-state index in [1.807, 2.05) is 0 Å². The molecule has 2 fully saturated rings. The van der Waals surface area contributed by atoms with E-state index in [1.54, 1.807) is 0 Å². The Morgan fingerprint density at radius 1 is 1.30 bits per heavy atom. The van der Waals surface area contributed by atoms with Gasteiger partial charge in [-0.05, 0) is 12.8 Å². The van der Waals surface area contributed by atoms with Crippen molar-refractivity contribution in [3.8, 4) is 0 Å². The third-order valence-corrected chi connectivity index (χ3v) is 2.02. The molecule has 3 heteroatoms. The minimum atomic E-state index is -0.104. The number of ether oxygens (including phenoxy) is 2. The van der Waals surface area contributed by atoms with E-state index in [4.69, 9.17) is 9.47 Å². The Balaban J connectivity index is 2.05. The van der Waals surface area contributed by atoms with Crippen LogP contribution in [0.5, 0.6) is 0 Å². The highest BCUT2D eigenvalue weighted by molar-refractivity contribution is 5.70. The summed E-state index contributed by atoms with van der Waals surface area (Å²) in [5.41, 5.74) is 0. The molecule has 0 aromatic heterocycles. The smallest absolute Gasteiger partial charge is 0.308 e. The van der Waals surface area contributed by atoms with E-state index in [0.717, 1.165) is 12.8 Å². The fourth-order valence-electron chi connectivity index (χ4n) is 1.48. The summed E-state index contributed by atoms with van der Waals surface area (Å²) in [5.74, 6) is -0.104. The molecule has 0 aliphatic carbocycles. The van der Waals surface area contributed by atoms with Crippen molar-refractivity contribution in [1.29, 1.82) is 0 Å². The molecule has 0 spiro atoms. The molecule has 2 aliphatic rings. The Morgan fingerprint density at radius 3 is 3.00 bits per heavy atom. The number of hydrogen-bond donors (Lipinski definition) is 0. The van der Waals surface area contributed by atoms with Crippen molar-refractivity contribution in [2.45, 2.75) is 31.5 Å². The van der Waals surface area contributed by atoms with E-state index >= 15 is 0 Å². The summed E-state index contributed by atoms with van der Waals surface area (Å²) in [7, 11) is 0. The maximum Gasteiger partial charge on any atom is 0.308 e. The van der Waals surface area contributed by atoms with Crippen LogP contribution >= 0.6 is 0 Å². The summed E-state index contributed by atoms with van der Waals surface area (Å²) in [6, 6.07) is 0. The highest BCUT2D eigenvalue weighted by atomic mass is 16.6. The maximum atomic E-state index is 10.8. The lowest BCUT2D eigenvalue weighted by Gasteiger charge is -2.05. The Bertz CT molecular complexity index is 155. The summed E-state index contributed by atoms with van der Waals surface area (Å²) < 4.78 is 10.3. The van der Waals surface area contributed by atoms with Crippen molar-refractivity contribution in [3.63, 3.8) is 0 Å². The Labute approximate surface area is 59.3 Å². The number of rotatable bonds is 0. The average molecular weight is 142 g/mol. The van der Waals surface area contributed by atoms with Crippen molar-refractivity contribution >= 4 is 5.97 Å². The van der Waals surface area contributed by atoms with Gasteiger partial charge in [-0.3, -0.25) is 4.79 Å². The number of cyclic esters (lactones) is 1. The first-order valence-corrected chi connectivity index (χ1v) is 3.65. The largest absolute Gasteiger partial charge is 0.463 e. The van der Waals surface area contributed by atoms with E-state index in [9.17, 15) is 4.79 Å². The zero-order valence-corrected chi connectivity index (χ0v) is 5.71. The van der Waals surface area contributed by atoms with Gasteiger partial charge in [0.15, 0.2) is 0 Å². The van der Waals surface area contributed by atoms with Gasteiger partial charge < -0.3 is 9.47 Å². The van der Waals surface area contributed by atoms with Gasteiger partial charge in [-0.25, -0.2) is 0 Å². The first-order valence-electron chi connectivity index (χ1n) is 3.65. The topological polar surface area (TPSA) is 35.5 Å². The second-order valence-electron chi connectivity index (χ2n) is 2.84. The third kappa shape index (κ3) is 1.01. The van der Waals surface area contributed by atoms with Crippen LogP contribution in [0.4, 0.5) is 0 Å². The van der Waals surface area contributed by atoms with Crippen LogP contribution in [-0.2, 0) is 14.3 Å². The zero-order valence-electron chi connectivity index (χ0n) is 5.71. The second kappa shape index (κ2) is 2.23. The fraction of sp³-hybridized carbons (Fsp3) is 0.857. The van der Waals surface area contributed by atoms with Crippen LogP contribution in [-0.4, -0.2) is 24.8 Å². The number of fused-ring (bicyclic) bond motifs is 2. The van der Waals surface area contributed by atoms with E-state index in [1.165, 1.54) is 0 Å². The molecule has 0 amide bonds. The molecule has 0 saturated carbocycles. The van der Waals surface area contributed by atoms with Crippen molar-refractivity contribution < 1.29 is 14.3 Å². The number of carbonyl (C=O) groups excluding carboxylic acids is 1. The van der Waals surface area contributed by atoms with Crippen LogP contribution in [0.15, 0.2) is 0 Å². The van der Waals surface area contributed by atoms with Gasteiger partial charge in [0, 0.05) is 0 Å². The molecule has 2 saturated heterocycles. The minimum Gasteiger partial charge on any atom is -0.463 e. The molecule has 56 valence electrons. The molecule has 0 radical (unpaired) electrons. The van der Waals surface area contributed by atoms with Crippen molar-refractivity contribution in [3.05, 3.63) is 0 Å². The Morgan fingerprint density at radius 2 is 2.10 bits per heavy atom. The van der Waals surface area contributed by atoms with Crippen molar-refractivity contribution in [2.24, 2.45) is 0 Å². The summed E-state index contributed by atoms with van der Waals surface area (Å²) >= 11 is 0. The van der Waals surface area contributed by atoms with E-state index < -0.39 is 0 Å². The first kappa shape index (κ1) is 6.16. The molecule has 2 aliphatic heterocycles. The fourth-order valence-corrected chi connectivity index (χ4v) is 1.48. The minimum absolute atomic E-state index is 0.104. The van der Waals surface area contributed by atoms with E-state index in [-0.39, 0.29) is 18.2 Å². The lowest BCUT2D eigenvalue weighted by Crippen LogP contribution is -2.14. The van der Waals surface area contributed by atoms with Gasteiger partial charge in [0.2, 0.25) is 0 Å². The van der Waals surface area contributed by atoms with Crippen molar-refractivity contribution in [1.82, 2.24) is 0 Å². The monoisotopic (exact) mass is 142 g/mol. The molecule has 0 aromatic carbocycles. The molecule has 2 bridgehead atoms. The van der Waals surface area contributed by atoms with Gasteiger partial charge in [0.1, 0.15) is 6.61 Å². The Kier molecular flexibility index (Phi) is 1.38. The van der Waals surface area contributed by atoms with E-state index in [0.29, 0.717) is 13.0 Å². The lowest BCUT2D eigenvalue weighted by molar-refractivity contribution is -0.143. The molecule has 3 nitrogen and oxygen atoms in total. The van der Waals surface area contributed by atoms with Crippen LogP contribution in [0.25, 0.3) is 0 Å². The van der Waals surface area contributed by atoms with Gasteiger partial charge in [-0.2, -0.15) is 0 Å². The second-order valence-corrected chi connectivity index (χ2v) is 2.84. The van der Waals surface area contributed by atoms with Gasteiger partial charge in [0.05, 0.1) is 18.6 Å². The molecule has 2 heterocycles. The van der Waals surface area contributed by atoms with Gasteiger partial charge in [-0.15, -0.1) is 0 Å². The SMILES string of the molecule is O=C1CC2CCC(CO1)O2. The normalized spacial score (nSPS) is 39.0. The molecular formula is C7H10O3. The zero-order chi connectivity index (χ0) is 6.97. The van der Waals surface area contributed by atoms with Crippen LogP contribution in [0, 0.1) is 0 Å². The third-order valence-electron chi connectivity index (χ3n) is 2.02. The van der Waals surface area contributed by atoms with Crippen LogP contribution in [0.3, 0.4) is 0 Å². The number of esters is 1. The predicted octanol–water partition coefficient (Wildman–Crippen LogP) is 0.481. The molecule has 0 aromatic rings. The van der Waals surface area contributed by atoms with Gasteiger partial charge in [0.25, 0.3) is 0 Å². The summed E-state index contributed by atoms with van der Waals surface area (Å²) in [6.45, 7) is 0.468. The molecule has 2 unspecified atom stereocenters. The van der Waals surface area contributed by atoms with Crippen LogP contribution < -0.4 is 0 Å². The maximum absolute atomic E-state index is 10.8. The van der Waals surface area contributed by atoms with Crippen molar-refractivity contribution in [2.75, 3.05) is 6.61 Å². The first-order chi connectivity index (χ1) is 4.84. The molecule has 10 heavy (non-hydrogen) atoms. The lowest BCUT2D eigenvalue weighted by atomic mass is 10.1. The summed E-state index contributed by atoms with van der Waals surface area (Å²) in [4.78, 5) is 10.8. The number of carbonyl (C=O) groups is 1. The Hall–Kier alpha value is -0.570. The highest BCUT2D eigenvalue weighted by Crippen LogP contribution is 2.25. The molecule has 2 rings (SSSR count). The van der Waals surface area contributed by atoms with Crippen LogP contribution in [0.1, 0.15) is 19.3 Å². The quantitative estimate of drug-likeness (QED) is 0.461. The molecule has 0 N–H and O–H groups in total. The van der Waals surface area contributed by atoms with Gasteiger partial charge in [-0.1, -0.05) is 0 Å². The molecule has 2 atom stereocenters. The predicted molar refractivity (Wildman–Crippen MR) is 33.5 cm³/mol. The highest BCUT2D eigenvalue weighted by Gasteiger charge is 2.31. The van der Waals surface area contributed by atoms with Crippen LogP contribution in [0.2, 0.25) is 0 Å². The summed E-state index contributed by atoms with van der Waals surface area (Å²) in [6.07, 6.45) is 2.88. The van der Waals surface area contributed by atoms with Gasteiger partial charge >= 0.3 is 5.97 Å². The number of hydrogen-bond acceptors (Lipinski definition) is 3. The van der Waals surface area contributed by atoms with E-state index in [2.05, 4.69) is 0 Å². The average Bonchev–Trinajstić information content (AvgIpc) is 2.22. The molecular weight excluding hydrogens is 132 g/mol. The standard InChI is InChI=1S/C7H10O3/c8-7-3-5-1-2-6(10-5)4-9-7/h5-6H,1-4H2. The summed E-state index contributed by atoms with van der Waals surface area (Å²) in [5, 5.41) is 0.